The molecular weight excluding hydrogens is 1330 g/mol. The van der Waals surface area contributed by atoms with E-state index < -0.39 is 97.5 Å². The van der Waals surface area contributed by atoms with E-state index in [0.717, 1.165) is 114 Å². The minimum atomic E-state index is -4.96. The number of carbonyl (C=O) groups is 4. The van der Waals surface area contributed by atoms with Crippen molar-refractivity contribution in [3.63, 3.8) is 0 Å². The molecule has 0 aromatic rings. The molecule has 4 unspecified atom stereocenters. The van der Waals surface area contributed by atoms with E-state index in [2.05, 4.69) is 48.5 Å². The van der Waals surface area contributed by atoms with Gasteiger partial charge in [0.15, 0.2) is 12.2 Å². The summed E-state index contributed by atoms with van der Waals surface area (Å²) in [7, 11) is -9.92. The van der Waals surface area contributed by atoms with Crippen molar-refractivity contribution < 1.29 is 80.2 Å². The maximum atomic E-state index is 13.1. The van der Waals surface area contributed by atoms with Crippen molar-refractivity contribution in [3.8, 4) is 0 Å². The Kier molecular flexibility index (Phi) is 71.8. The summed E-state index contributed by atoms with van der Waals surface area (Å²) in [6.07, 6.45) is 62.5. The second kappa shape index (κ2) is 73.2. The Bertz CT molecular complexity index is 1980. The Morgan fingerprint density at radius 2 is 0.500 bits per heavy atom. The van der Waals surface area contributed by atoms with Crippen LogP contribution in [-0.2, 0) is 65.4 Å². The number of phosphoric ester groups is 2. The van der Waals surface area contributed by atoms with Crippen LogP contribution in [0.4, 0.5) is 0 Å². The second-order valence-corrected chi connectivity index (χ2v) is 33.7. The molecule has 0 bridgehead atoms. The molecule has 19 heteroatoms. The van der Waals surface area contributed by atoms with Gasteiger partial charge in [-0.25, -0.2) is 9.13 Å². The van der Waals surface area contributed by atoms with Crippen LogP contribution in [-0.4, -0.2) is 96.7 Å². The zero-order valence-corrected chi connectivity index (χ0v) is 68.9. The summed E-state index contributed by atoms with van der Waals surface area (Å²) in [6.45, 7) is 11.9. The van der Waals surface area contributed by atoms with E-state index in [1.165, 1.54) is 238 Å². The van der Waals surface area contributed by atoms with Gasteiger partial charge < -0.3 is 33.8 Å². The standard InChI is InChI=1S/C83H162O17P2/c1-8-11-12-13-14-15-16-17-18-19-20-21-22-23-24-25-28-32-38-43-52-59-66-82(87)99-78(70-93-80(85)64-57-50-42-37-31-29-26-27-30-35-40-47-54-61-74(4)5)72-97-101(89,90)95-68-77(84)69-96-102(91,92)98-73-79(71-94-81(86)65-58-51-46-45-49-56-63-76(7)10-3)100-83(88)67-60-53-44-39-34-33-36-41-48-55-62-75(6)9-2/h74-79,84H,8-73H2,1-7H3,(H,89,90)(H,91,92)/t75?,76?,77-,78-,79-/m1/s1. The minimum Gasteiger partial charge on any atom is -0.462 e. The molecule has 102 heavy (non-hydrogen) atoms. The molecule has 0 fully saturated rings. The first kappa shape index (κ1) is 100. The number of hydrogen-bond acceptors (Lipinski definition) is 15. The molecule has 0 spiro atoms. The predicted octanol–water partition coefficient (Wildman–Crippen LogP) is 24.9. The lowest BCUT2D eigenvalue weighted by molar-refractivity contribution is -0.161. The van der Waals surface area contributed by atoms with Gasteiger partial charge >= 0.3 is 39.5 Å². The lowest BCUT2D eigenvalue weighted by Crippen LogP contribution is -2.30. The molecule has 17 nitrogen and oxygen atoms in total. The first-order valence-electron chi connectivity index (χ1n) is 42.9. The molecule has 0 radical (unpaired) electrons. The second-order valence-electron chi connectivity index (χ2n) is 30.8. The highest BCUT2D eigenvalue weighted by Gasteiger charge is 2.30. The zero-order chi connectivity index (χ0) is 75.1. The highest BCUT2D eigenvalue weighted by Crippen LogP contribution is 2.45. The molecule has 0 amide bonds. The van der Waals surface area contributed by atoms with Crippen molar-refractivity contribution in [1.82, 2.24) is 0 Å². The van der Waals surface area contributed by atoms with Gasteiger partial charge in [-0.2, -0.15) is 0 Å². The Labute approximate surface area is 626 Å². The van der Waals surface area contributed by atoms with Crippen LogP contribution in [0.1, 0.15) is 434 Å². The van der Waals surface area contributed by atoms with Gasteiger partial charge in [-0.05, 0) is 43.4 Å². The number of phosphoric acid groups is 2. The molecule has 0 aliphatic rings. The lowest BCUT2D eigenvalue weighted by Gasteiger charge is -2.21. The number of aliphatic hydroxyl groups is 1. The summed E-state index contributed by atoms with van der Waals surface area (Å²) in [4.78, 5) is 73.1. The SMILES string of the molecule is CCCCCCCCCCCCCCCCCCCCCCCCC(=O)O[C@H](COC(=O)CCCCCCCCCCCCCCCC(C)C)COP(=O)(O)OC[C@@H](O)COP(=O)(O)OC[C@@H](COC(=O)CCCCCCCCC(C)CC)OC(=O)CCCCCCCCCCCCC(C)CC. The van der Waals surface area contributed by atoms with Crippen molar-refractivity contribution in [2.45, 2.75) is 452 Å². The first-order valence-corrected chi connectivity index (χ1v) is 45.9. The van der Waals surface area contributed by atoms with Gasteiger partial charge in [-0.15, -0.1) is 0 Å². The molecule has 3 N–H and O–H groups in total. The van der Waals surface area contributed by atoms with Gasteiger partial charge in [0.25, 0.3) is 0 Å². The lowest BCUT2D eigenvalue weighted by atomic mass is 9.99. The van der Waals surface area contributed by atoms with Crippen molar-refractivity contribution in [3.05, 3.63) is 0 Å². The number of aliphatic hydroxyl groups excluding tert-OH is 1. The Hall–Kier alpha value is -1.94. The van der Waals surface area contributed by atoms with E-state index in [-0.39, 0.29) is 25.7 Å². The normalized spacial score (nSPS) is 14.5. The summed E-state index contributed by atoms with van der Waals surface area (Å²) < 4.78 is 68.8. The fraction of sp³-hybridized carbons (Fsp3) is 0.952. The van der Waals surface area contributed by atoms with E-state index in [4.69, 9.17) is 37.0 Å². The number of carbonyl (C=O) groups excluding carboxylic acids is 4. The Morgan fingerprint density at radius 3 is 0.745 bits per heavy atom. The fourth-order valence-electron chi connectivity index (χ4n) is 12.8. The fourth-order valence-corrected chi connectivity index (χ4v) is 14.4. The zero-order valence-electron chi connectivity index (χ0n) is 67.1. The molecule has 0 aromatic heterocycles. The molecule has 0 heterocycles. The van der Waals surface area contributed by atoms with E-state index in [1.807, 2.05) is 0 Å². The average molecular weight is 1490 g/mol. The van der Waals surface area contributed by atoms with E-state index in [1.54, 1.807) is 0 Å². The Morgan fingerprint density at radius 1 is 0.284 bits per heavy atom. The summed E-state index contributed by atoms with van der Waals surface area (Å²) in [5.74, 6) is 0.213. The van der Waals surface area contributed by atoms with Crippen molar-refractivity contribution in [2.24, 2.45) is 17.8 Å². The van der Waals surface area contributed by atoms with Crippen LogP contribution in [0.5, 0.6) is 0 Å². The van der Waals surface area contributed by atoms with E-state index in [0.29, 0.717) is 25.7 Å². The van der Waals surface area contributed by atoms with E-state index in [9.17, 15) is 43.2 Å². The van der Waals surface area contributed by atoms with Crippen molar-refractivity contribution in [1.29, 1.82) is 0 Å². The largest absolute Gasteiger partial charge is 0.472 e. The molecule has 0 aliphatic carbocycles. The summed E-state index contributed by atoms with van der Waals surface area (Å²) in [6, 6.07) is 0. The van der Waals surface area contributed by atoms with Gasteiger partial charge in [-0.1, -0.05) is 382 Å². The number of unbranched alkanes of at least 4 members (excludes halogenated alkanes) is 47. The third-order valence-corrected chi connectivity index (χ3v) is 22.0. The smallest absolute Gasteiger partial charge is 0.462 e. The van der Waals surface area contributed by atoms with E-state index >= 15 is 0 Å². The third-order valence-electron chi connectivity index (χ3n) is 20.1. The number of ether oxygens (including phenoxy) is 4. The average Bonchev–Trinajstić information content (AvgIpc) is 0.953. The molecule has 0 aromatic carbocycles. The molecular formula is C83H162O17P2. The summed E-state index contributed by atoms with van der Waals surface area (Å²) >= 11 is 0. The number of rotatable bonds is 81. The van der Waals surface area contributed by atoms with Crippen molar-refractivity contribution in [2.75, 3.05) is 39.6 Å². The van der Waals surface area contributed by atoms with Gasteiger partial charge in [0, 0.05) is 25.7 Å². The monoisotopic (exact) mass is 1490 g/mol. The van der Waals surface area contributed by atoms with Gasteiger partial charge in [0.05, 0.1) is 26.4 Å². The third kappa shape index (κ3) is 73.6. The van der Waals surface area contributed by atoms with Crippen LogP contribution in [0.3, 0.4) is 0 Å². The van der Waals surface area contributed by atoms with Gasteiger partial charge in [0.2, 0.25) is 0 Å². The molecule has 0 aliphatic heterocycles. The van der Waals surface area contributed by atoms with Gasteiger partial charge in [-0.3, -0.25) is 37.3 Å². The van der Waals surface area contributed by atoms with Gasteiger partial charge in [0.1, 0.15) is 19.3 Å². The minimum absolute atomic E-state index is 0.105. The number of hydrogen-bond donors (Lipinski definition) is 3. The maximum absolute atomic E-state index is 13.1. The molecule has 7 atom stereocenters. The van der Waals surface area contributed by atoms with Crippen LogP contribution < -0.4 is 0 Å². The van der Waals surface area contributed by atoms with Crippen molar-refractivity contribution >= 4 is 39.5 Å². The van der Waals surface area contributed by atoms with Crippen LogP contribution >= 0.6 is 15.6 Å². The molecule has 606 valence electrons. The van der Waals surface area contributed by atoms with Crippen LogP contribution in [0.25, 0.3) is 0 Å². The first-order chi connectivity index (χ1) is 49.3. The molecule has 0 rings (SSSR count). The topological polar surface area (TPSA) is 237 Å². The summed E-state index contributed by atoms with van der Waals surface area (Å²) in [5, 5.41) is 10.7. The van der Waals surface area contributed by atoms with Crippen LogP contribution in [0.2, 0.25) is 0 Å². The molecule has 0 saturated heterocycles. The summed E-state index contributed by atoms with van der Waals surface area (Å²) in [5.41, 5.74) is 0. The maximum Gasteiger partial charge on any atom is 0.472 e. The highest BCUT2D eigenvalue weighted by atomic mass is 31.2. The van der Waals surface area contributed by atoms with Crippen LogP contribution in [0, 0.1) is 17.8 Å². The highest BCUT2D eigenvalue weighted by molar-refractivity contribution is 7.47. The Balaban J connectivity index is 5.22. The number of esters is 4. The molecule has 0 saturated carbocycles. The quantitative estimate of drug-likeness (QED) is 0.0222. The predicted molar refractivity (Wildman–Crippen MR) is 418 cm³/mol. The van der Waals surface area contributed by atoms with Crippen LogP contribution in [0.15, 0.2) is 0 Å².